The average molecular weight is 489 g/mol. The first-order valence-corrected chi connectivity index (χ1v) is 11.7. The largest absolute Gasteiger partial charge is 0.464 e. The van der Waals surface area contributed by atoms with E-state index in [1.165, 1.54) is 11.3 Å². The number of esters is 2. The molecule has 3 rings (SSSR count). The number of ether oxygens (including phenoxy) is 2. The van der Waals surface area contributed by atoms with E-state index in [9.17, 15) is 19.5 Å². The van der Waals surface area contributed by atoms with Gasteiger partial charge < -0.3 is 19.9 Å². The molecule has 1 aromatic carbocycles. The van der Waals surface area contributed by atoms with Crippen molar-refractivity contribution in [1.29, 1.82) is 0 Å². The first kappa shape index (κ1) is 25.3. The highest BCUT2D eigenvalue weighted by atomic mass is 32.1. The van der Waals surface area contributed by atoms with E-state index in [0.717, 1.165) is 4.57 Å². The van der Waals surface area contributed by atoms with Crippen LogP contribution in [0, 0.1) is 0 Å². The number of nitrogens with one attached hydrogen (secondary N) is 1. The number of nitrogens with zero attached hydrogens (tertiary/aromatic N) is 3. The molecular weight excluding hydrogens is 460 g/mol. The van der Waals surface area contributed by atoms with Crippen molar-refractivity contribution < 1.29 is 29.0 Å². The van der Waals surface area contributed by atoms with Gasteiger partial charge in [0.2, 0.25) is 0 Å². The summed E-state index contributed by atoms with van der Waals surface area (Å²) in [5.74, 6) is -0.754. The zero-order valence-corrected chi connectivity index (χ0v) is 20.3. The number of imidazole rings is 1. The lowest BCUT2D eigenvalue weighted by molar-refractivity contribution is -0.157. The van der Waals surface area contributed by atoms with Gasteiger partial charge in [-0.2, -0.15) is 0 Å². The molecule has 0 amide bonds. The molecule has 0 aliphatic heterocycles. The number of carbonyl (C=O) groups is 3. The van der Waals surface area contributed by atoms with Crippen LogP contribution in [0.15, 0.2) is 29.6 Å². The second-order valence-electron chi connectivity index (χ2n) is 8.48. The average Bonchev–Trinajstić information content (AvgIpc) is 3.36. The van der Waals surface area contributed by atoms with Crippen molar-refractivity contribution in [2.75, 3.05) is 13.2 Å². The lowest BCUT2D eigenvalue weighted by Gasteiger charge is -2.24. The highest BCUT2D eigenvalue weighted by Gasteiger charge is 2.28. The Hall–Kier alpha value is -3.31. The summed E-state index contributed by atoms with van der Waals surface area (Å²) in [5.41, 5.74) is 0.508. The van der Waals surface area contributed by atoms with Gasteiger partial charge in [0.25, 0.3) is 0 Å². The summed E-state index contributed by atoms with van der Waals surface area (Å²) in [7, 11) is 0. The van der Waals surface area contributed by atoms with Crippen molar-refractivity contribution in [3.63, 3.8) is 0 Å². The highest BCUT2D eigenvalue weighted by Crippen LogP contribution is 2.18. The number of thiazole rings is 1. The number of hydrogen-bond donors (Lipinski definition) is 2. The third kappa shape index (κ3) is 6.39. The van der Waals surface area contributed by atoms with Crippen LogP contribution in [-0.2, 0) is 27.1 Å². The van der Waals surface area contributed by atoms with Gasteiger partial charge in [0, 0.05) is 24.8 Å². The number of aromatic nitrogens is 3. The number of fused-ring (bicyclic) bond motifs is 1. The SMILES string of the molecule is CCOC(=O)c1csc(CCNC(Cc2nc3ccccc3n2C(=O)O)C(=O)OC(C)(C)C)n1. The quantitative estimate of drug-likeness (QED) is 0.435. The van der Waals surface area contributed by atoms with E-state index in [1.54, 1.807) is 57.3 Å². The molecule has 0 saturated carbocycles. The van der Waals surface area contributed by atoms with Crippen LogP contribution in [0.3, 0.4) is 0 Å². The minimum Gasteiger partial charge on any atom is -0.464 e. The zero-order chi connectivity index (χ0) is 24.9. The number of rotatable bonds is 9. The Labute approximate surface area is 200 Å². The van der Waals surface area contributed by atoms with Crippen LogP contribution < -0.4 is 5.32 Å². The molecule has 0 fully saturated rings. The fraction of sp³-hybridized carbons (Fsp3) is 0.435. The third-order valence-corrected chi connectivity index (χ3v) is 5.57. The van der Waals surface area contributed by atoms with Crippen molar-refractivity contribution in [3.8, 4) is 0 Å². The monoisotopic (exact) mass is 488 g/mol. The Balaban J connectivity index is 1.77. The number of para-hydroxylation sites is 2. The summed E-state index contributed by atoms with van der Waals surface area (Å²) in [6.07, 6.45) is -0.707. The van der Waals surface area contributed by atoms with Gasteiger partial charge in [-0.3, -0.25) is 4.79 Å². The molecule has 1 atom stereocenters. The minimum absolute atomic E-state index is 0.0157. The molecule has 0 radical (unpaired) electrons. The van der Waals surface area contributed by atoms with E-state index in [4.69, 9.17) is 9.47 Å². The molecule has 2 aromatic heterocycles. The summed E-state index contributed by atoms with van der Waals surface area (Å²) in [4.78, 5) is 45.4. The number of hydrogen-bond acceptors (Lipinski definition) is 9. The van der Waals surface area contributed by atoms with E-state index in [0.29, 0.717) is 29.0 Å². The standard InChI is InChI=1S/C23H28N4O6S/c1-5-32-20(28)16-13-34-19(26-16)10-11-24-15(21(29)33-23(2,3)4)12-18-25-14-8-6-7-9-17(14)27(18)22(30)31/h6-9,13,15,24H,5,10-12H2,1-4H3,(H,30,31). The third-order valence-electron chi connectivity index (χ3n) is 4.67. The van der Waals surface area contributed by atoms with Crippen LogP contribution in [0.25, 0.3) is 11.0 Å². The maximum atomic E-state index is 12.9. The van der Waals surface area contributed by atoms with Crippen LogP contribution in [0.5, 0.6) is 0 Å². The molecule has 34 heavy (non-hydrogen) atoms. The summed E-state index contributed by atoms with van der Waals surface area (Å²) in [6.45, 7) is 7.65. The van der Waals surface area contributed by atoms with Crippen molar-refractivity contribution in [3.05, 3.63) is 46.2 Å². The van der Waals surface area contributed by atoms with Crippen LogP contribution in [0.4, 0.5) is 4.79 Å². The van der Waals surface area contributed by atoms with Gasteiger partial charge in [-0.15, -0.1) is 11.3 Å². The Morgan fingerprint density at radius 2 is 1.94 bits per heavy atom. The zero-order valence-electron chi connectivity index (χ0n) is 19.5. The van der Waals surface area contributed by atoms with Gasteiger partial charge in [-0.1, -0.05) is 12.1 Å². The van der Waals surface area contributed by atoms with E-state index in [1.807, 2.05) is 0 Å². The normalized spacial score (nSPS) is 12.5. The van der Waals surface area contributed by atoms with Gasteiger partial charge in [-0.05, 0) is 39.8 Å². The minimum atomic E-state index is -1.18. The maximum Gasteiger partial charge on any atom is 0.417 e. The lowest BCUT2D eigenvalue weighted by Crippen LogP contribution is -2.44. The molecule has 0 spiro atoms. The van der Waals surface area contributed by atoms with Crippen molar-refractivity contribution >= 4 is 40.4 Å². The predicted molar refractivity (Wildman–Crippen MR) is 126 cm³/mol. The number of benzene rings is 1. The van der Waals surface area contributed by atoms with E-state index >= 15 is 0 Å². The van der Waals surface area contributed by atoms with Crippen molar-refractivity contribution in [2.45, 2.75) is 52.2 Å². The highest BCUT2D eigenvalue weighted by molar-refractivity contribution is 7.09. The lowest BCUT2D eigenvalue weighted by atomic mass is 10.1. The summed E-state index contributed by atoms with van der Waals surface area (Å²) in [6, 6.07) is 6.05. The second-order valence-corrected chi connectivity index (χ2v) is 9.42. The Bertz CT molecular complexity index is 1180. The van der Waals surface area contributed by atoms with Gasteiger partial charge in [0.05, 0.1) is 22.6 Å². The van der Waals surface area contributed by atoms with Gasteiger partial charge in [0.15, 0.2) is 5.69 Å². The molecule has 1 unspecified atom stereocenters. The predicted octanol–water partition coefficient (Wildman–Crippen LogP) is 3.28. The molecular formula is C23H28N4O6S. The molecule has 11 heteroatoms. The van der Waals surface area contributed by atoms with Crippen LogP contribution in [0.1, 0.15) is 49.0 Å². The first-order valence-electron chi connectivity index (χ1n) is 10.9. The molecule has 2 heterocycles. The molecule has 0 bridgehead atoms. The Morgan fingerprint density at radius 1 is 1.21 bits per heavy atom. The molecule has 182 valence electrons. The van der Waals surface area contributed by atoms with Crippen LogP contribution in [-0.4, -0.2) is 62.5 Å². The molecule has 3 aromatic rings. The Kier molecular flexibility index (Phi) is 8.00. The number of carboxylic acid groups (broad SMARTS) is 1. The molecule has 0 aliphatic carbocycles. The van der Waals surface area contributed by atoms with Gasteiger partial charge in [-0.25, -0.2) is 24.1 Å². The van der Waals surface area contributed by atoms with E-state index < -0.39 is 29.7 Å². The van der Waals surface area contributed by atoms with E-state index in [2.05, 4.69) is 15.3 Å². The van der Waals surface area contributed by atoms with Crippen LogP contribution in [0.2, 0.25) is 0 Å². The van der Waals surface area contributed by atoms with Gasteiger partial charge >= 0.3 is 18.0 Å². The number of carbonyl (C=O) groups excluding carboxylic acids is 2. The van der Waals surface area contributed by atoms with E-state index in [-0.39, 0.29) is 24.5 Å². The summed E-state index contributed by atoms with van der Waals surface area (Å²) >= 11 is 1.32. The summed E-state index contributed by atoms with van der Waals surface area (Å²) < 4.78 is 11.6. The fourth-order valence-corrected chi connectivity index (χ4v) is 4.07. The first-order chi connectivity index (χ1) is 16.1. The second kappa shape index (κ2) is 10.7. The topological polar surface area (TPSA) is 133 Å². The van der Waals surface area contributed by atoms with Crippen molar-refractivity contribution in [1.82, 2.24) is 19.9 Å². The maximum absolute atomic E-state index is 12.9. The molecule has 0 aliphatic rings. The smallest absolute Gasteiger partial charge is 0.417 e. The fourth-order valence-electron chi connectivity index (χ4n) is 3.30. The summed E-state index contributed by atoms with van der Waals surface area (Å²) in [5, 5.41) is 15.2. The Morgan fingerprint density at radius 3 is 2.62 bits per heavy atom. The van der Waals surface area contributed by atoms with Crippen LogP contribution >= 0.6 is 11.3 Å². The molecule has 2 N–H and O–H groups in total. The molecule has 0 saturated heterocycles. The molecule has 10 nitrogen and oxygen atoms in total. The van der Waals surface area contributed by atoms with Gasteiger partial charge in [0.1, 0.15) is 17.5 Å². The van der Waals surface area contributed by atoms with Crippen molar-refractivity contribution in [2.24, 2.45) is 0 Å².